The summed E-state index contributed by atoms with van der Waals surface area (Å²) in [5.74, 6) is 2.00. The Bertz CT molecular complexity index is 1180. The normalized spacial score (nSPS) is 10.4. The van der Waals surface area contributed by atoms with Crippen molar-refractivity contribution in [2.75, 3.05) is 25.1 Å². The third-order valence-electron chi connectivity index (χ3n) is 5.29. The second kappa shape index (κ2) is 12.8. The zero-order valence-corrected chi connectivity index (χ0v) is 19.6. The van der Waals surface area contributed by atoms with Gasteiger partial charge in [-0.05, 0) is 73.0 Å². The van der Waals surface area contributed by atoms with Gasteiger partial charge in [0.15, 0.2) is 0 Å². The average Bonchev–Trinajstić information content (AvgIpc) is 2.91. The number of amides is 1. The fourth-order valence-corrected chi connectivity index (χ4v) is 3.51. The summed E-state index contributed by atoms with van der Waals surface area (Å²) >= 11 is 0. The lowest BCUT2D eigenvalue weighted by Crippen LogP contribution is -2.13. The summed E-state index contributed by atoms with van der Waals surface area (Å²) in [6.45, 7) is 1.44. The van der Waals surface area contributed by atoms with Gasteiger partial charge in [-0.1, -0.05) is 54.6 Å². The topological polar surface area (TPSA) is 56.8 Å². The maximum absolute atomic E-state index is 12.7. The first kappa shape index (κ1) is 23.9. The van der Waals surface area contributed by atoms with Crippen LogP contribution in [-0.4, -0.2) is 25.7 Å². The zero-order chi connectivity index (χ0) is 24.1. The van der Waals surface area contributed by atoms with Crippen LogP contribution in [0.3, 0.4) is 0 Å². The lowest BCUT2D eigenvalue weighted by Gasteiger charge is -2.10. The number of aryl methyl sites for hydroxylation is 1. The number of hydrogen-bond acceptors (Lipinski definition) is 4. The second-order valence-corrected chi connectivity index (χ2v) is 7.95. The van der Waals surface area contributed by atoms with Crippen LogP contribution in [0.1, 0.15) is 22.3 Å². The van der Waals surface area contributed by atoms with Crippen LogP contribution in [0.25, 0.3) is 0 Å². The Hall–Kier alpha value is -4.25. The summed E-state index contributed by atoms with van der Waals surface area (Å²) in [5, 5.41) is 2.92. The van der Waals surface area contributed by atoms with Crippen molar-refractivity contribution in [1.82, 2.24) is 0 Å². The summed E-state index contributed by atoms with van der Waals surface area (Å²) in [4.78, 5) is 12.7. The summed E-state index contributed by atoms with van der Waals surface area (Å²) in [7, 11) is 0. The SMILES string of the molecule is O=C(Nc1ccc(OCCCc2ccccc2)cc1)c1cccc(OCCOc2ccccc2)c1. The molecule has 0 unspecified atom stereocenters. The van der Waals surface area contributed by atoms with Crippen LogP contribution in [0.2, 0.25) is 0 Å². The minimum Gasteiger partial charge on any atom is -0.494 e. The number of hydrogen-bond donors (Lipinski definition) is 1. The van der Waals surface area contributed by atoms with Gasteiger partial charge < -0.3 is 19.5 Å². The van der Waals surface area contributed by atoms with Gasteiger partial charge in [0, 0.05) is 11.3 Å². The number of ether oxygens (including phenoxy) is 3. The van der Waals surface area contributed by atoms with Crippen LogP contribution in [0.5, 0.6) is 17.2 Å². The molecule has 0 fully saturated rings. The third kappa shape index (κ3) is 7.93. The molecule has 4 aromatic carbocycles. The van der Waals surface area contributed by atoms with E-state index in [1.54, 1.807) is 18.2 Å². The van der Waals surface area contributed by atoms with Crippen LogP contribution in [0.15, 0.2) is 109 Å². The highest BCUT2D eigenvalue weighted by atomic mass is 16.5. The summed E-state index contributed by atoms with van der Waals surface area (Å²) in [6, 6.07) is 34.5. The van der Waals surface area contributed by atoms with Crippen LogP contribution in [0, 0.1) is 0 Å². The van der Waals surface area contributed by atoms with E-state index in [1.807, 2.05) is 66.7 Å². The van der Waals surface area contributed by atoms with Gasteiger partial charge >= 0.3 is 0 Å². The number of anilines is 1. The highest BCUT2D eigenvalue weighted by Gasteiger charge is 2.08. The number of nitrogens with one attached hydrogen (secondary N) is 1. The molecule has 0 saturated heterocycles. The van der Waals surface area contributed by atoms with E-state index >= 15 is 0 Å². The lowest BCUT2D eigenvalue weighted by atomic mass is 10.1. The van der Waals surface area contributed by atoms with Gasteiger partial charge in [0.2, 0.25) is 0 Å². The van der Waals surface area contributed by atoms with E-state index in [-0.39, 0.29) is 5.91 Å². The van der Waals surface area contributed by atoms with Gasteiger partial charge in [0.1, 0.15) is 30.5 Å². The van der Waals surface area contributed by atoms with Crippen LogP contribution in [0.4, 0.5) is 5.69 Å². The number of para-hydroxylation sites is 1. The predicted molar refractivity (Wildman–Crippen MR) is 139 cm³/mol. The Morgan fingerprint density at radius 2 is 1.20 bits per heavy atom. The zero-order valence-electron chi connectivity index (χ0n) is 19.6. The summed E-state index contributed by atoms with van der Waals surface area (Å²) < 4.78 is 17.2. The van der Waals surface area contributed by atoms with Crippen LogP contribution < -0.4 is 19.5 Å². The van der Waals surface area contributed by atoms with E-state index in [1.165, 1.54) is 5.56 Å². The minimum atomic E-state index is -0.201. The van der Waals surface area contributed by atoms with Crippen molar-refractivity contribution >= 4 is 11.6 Å². The van der Waals surface area contributed by atoms with Crippen molar-refractivity contribution in [3.05, 3.63) is 120 Å². The molecule has 4 rings (SSSR count). The summed E-state index contributed by atoms with van der Waals surface area (Å²) in [5.41, 5.74) is 2.53. The highest BCUT2D eigenvalue weighted by Crippen LogP contribution is 2.19. The number of benzene rings is 4. The largest absolute Gasteiger partial charge is 0.494 e. The van der Waals surface area contributed by atoms with Gasteiger partial charge in [-0.2, -0.15) is 0 Å². The molecule has 178 valence electrons. The monoisotopic (exact) mass is 467 g/mol. The Balaban J connectivity index is 1.20. The van der Waals surface area contributed by atoms with Gasteiger partial charge in [-0.15, -0.1) is 0 Å². The maximum atomic E-state index is 12.7. The molecule has 0 aliphatic carbocycles. The van der Waals surface area contributed by atoms with E-state index in [4.69, 9.17) is 14.2 Å². The van der Waals surface area contributed by atoms with Gasteiger partial charge in [0.05, 0.1) is 6.61 Å². The number of carbonyl (C=O) groups is 1. The van der Waals surface area contributed by atoms with Crippen LogP contribution in [-0.2, 0) is 6.42 Å². The molecular weight excluding hydrogens is 438 g/mol. The third-order valence-corrected chi connectivity index (χ3v) is 5.29. The molecule has 1 amide bonds. The first-order valence-corrected chi connectivity index (χ1v) is 11.8. The molecule has 0 aliphatic rings. The fraction of sp³-hybridized carbons (Fsp3) is 0.167. The maximum Gasteiger partial charge on any atom is 0.255 e. The Labute approximate surface area is 206 Å². The van der Waals surface area contributed by atoms with E-state index in [0.717, 1.165) is 24.3 Å². The molecule has 0 heterocycles. The molecule has 35 heavy (non-hydrogen) atoms. The lowest BCUT2D eigenvalue weighted by molar-refractivity contribution is 0.102. The fourth-order valence-electron chi connectivity index (χ4n) is 3.51. The first-order valence-electron chi connectivity index (χ1n) is 11.8. The van der Waals surface area contributed by atoms with Crippen LogP contribution >= 0.6 is 0 Å². The molecule has 4 aromatic rings. The second-order valence-electron chi connectivity index (χ2n) is 7.95. The highest BCUT2D eigenvalue weighted by molar-refractivity contribution is 6.04. The smallest absolute Gasteiger partial charge is 0.255 e. The molecule has 0 bridgehead atoms. The van der Waals surface area contributed by atoms with Crippen molar-refractivity contribution < 1.29 is 19.0 Å². The molecular formula is C30H29NO4. The Morgan fingerprint density at radius 1 is 0.600 bits per heavy atom. The molecule has 0 aliphatic heterocycles. The standard InChI is InChI=1S/C30H29NO4/c32-30(25-12-7-15-29(23-25)35-22-21-34-27-13-5-2-6-14-27)31-26-16-18-28(19-17-26)33-20-8-11-24-9-3-1-4-10-24/h1-7,9-10,12-19,23H,8,11,20-22H2,(H,31,32). The molecule has 1 N–H and O–H groups in total. The molecule has 0 atom stereocenters. The Morgan fingerprint density at radius 3 is 1.94 bits per heavy atom. The van der Waals surface area contributed by atoms with Crippen molar-refractivity contribution in [2.24, 2.45) is 0 Å². The predicted octanol–water partition coefficient (Wildman–Crippen LogP) is 6.41. The van der Waals surface area contributed by atoms with Gasteiger partial charge in [-0.25, -0.2) is 0 Å². The van der Waals surface area contributed by atoms with E-state index in [2.05, 4.69) is 29.6 Å². The van der Waals surface area contributed by atoms with Crippen molar-refractivity contribution in [2.45, 2.75) is 12.8 Å². The molecule has 5 heteroatoms. The van der Waals surface area contributed by atoms with Gasteiger partial charge in [-0.3, -0.25) is 4.79 Å². The Kier molecular flexibility index (Phi) is 8.77. The van der Waals surface area contributed by atoms with Gasteiger partial charge in [0.25, 0.3) is 5.91 Å². The average molecular weight is 468 g/mol. The first-order chi connectivity index (χ1) is 17.3. The minimum absolute atomic E-state index is 0.201. The molecule has 0 saturated carbocycles. The van der Waals surface area contributed by atoms with E-state index in [9.17, 15) is 4.79 Å². The number of rotatable bonds is 12. The van der Waals surface area contributed by atoms with Crippen molar-refractivity contribution in [1.29, 1.82) is 0 Å². The van der Waals surface area contributed by atoms with E-state index in [0.29, 0.717) is 36.8 Å². The molecule has 5 nitrogen and oxygen atoms in total. The molecule has 0 aromatic heterocycles. The van der Waals surface area contributed by atoms with Crippen molar-refractivity contribution in [3.8, 4) is 17.2 Å². The quantitative estimate of drug-likeness (QED) is 0.245. The molecule has 0 spiro atoms. The molecule has 0 radical (unpaired) electrons. The van der Waals surface area contributed by atoms with Crippen molar-refractivity contribution in [3.63, 3.8) is 0 Å². The van der Waals surface area contributed by atoms with E-state index < -0.39 is 0 Å². The number of carbonyl (C=O) groups excluding carboxylic acids is 1. The summed E-state index contributed by atoms with van der Waals surface area (Å²) in [6.07, 6.45) is 1.93.